The molecule has 140 valence electrons. The van der Waals surface area contributed by atoms with Crippen molar-refractivity contribution in [1.82, 2.24) is 0 Å². The summed E-state index contributed by atoms with van der Waals surface area (Å²) in [6.07, 6.45) is 0. The number of ether oxygens (including phenoxy) is 2. The van der Waals surface area contributed by atoms with Crippen molar-refractivity contribution in [2.24, 2.45) is 0 Å². The van der Waals surface area contributed by atoms with Gasteiger partial charge in [-0.1, -0.05) is 36.4 Å². The fourth-order valence-corrected chi connectivity index (χ4v) is 3.14. The number of benzene rings is 2. The first-order valence-corrected chi connectivity index (χ1v) is 9.25. The summed E-state index contributed by atoms with van der Waals surface area (Å²) in [4.78, 5) is 24.4. The van der Waals surface area contributed by atoms with Crippen LogP contribution >= 0.6 is 11.3 Å². The van der Waals surface area contributed by atoms with Crippen LogP contribution in [0.1, 0.15) is 21.5 Å². The molecule has 1 N–H and O–H groups in total. The molecular formula is C21H16N2O4S. The molecule has 1 heterocycles. The number of rotatable bonds is 7. The normalized spacial score (nSPS) is 9.96. The Hall–Kier alpha value is -3.63. The predicted molar refractivity (Wildman–Crippen MR) is 105 cm³/mol. The minimum atomic E-state index is -0.617. The molecule has 0 fully saturated rings. The van der Waals surface area contributed by atoms with Crippen LogP contribution in [0.15, 0.2) is 66.0 Å². The van der Waals surface area contributed by atoms with Gasteiger partial charge in [0.05, 0.1) is 11.1 Å². The van der Waals surface area contributed by atoms with Crippen molar-refractivity contribution < 1.29 is 19.1 Å². The van der Waals surface area contributed by atoms with E-state index in [4.69, 9.17) is 14.7 Å². The lowest BCUT2D eigenvalue weighted by molar-refractivity contribution is -0.119. The van der Waals surface area contributed by atoms with E-state index in [1.54, 1.807) is 35.7 Å². The van der Waals surface area contributed by atoms with E-state index in [9.17, 15) is 9.59 Å². The van der Waals surface area contributed by atoms with E-state index in [0.29, 0.717) is 27.4 Å². The minimum Gasteiger partial charge on any atom is -0.489 e. The first-order valence-electron chi connectivity index (χ1n) is 8.37. The van der Waals surface area contributed by atoms with Gasteiger partial charge in [-0.25, -0.2) is 4.79 Å². The average Bonchev–Trinajstić information content (AvgIpc) is 3.18. The Bertz CT molecular complexity index is 1010. The van der Waals surface area contributed by atoms with E-state index in [0.717, 1.165) is 0 Å². The third kappa shape index (κ3) is 4.96. The van der Waals surface area contributed by atoms with Gasteiger partial charge in [-0.05, 0) is 29.6 Å². The highest BCUT2D eigenvalue weighted by Gasteiger charge is 2.15. The molecule has 6 nitrogen and oxygen atoms in total. The average molecular weight is 392 g/mol. The molecule has 0 aliphatic carbocycles. The Balaban J connectivity index is 1.58. The molecule has 0 saturated carbocycles. The SMILES string of the molecule is N#Cc1ccsc1NC(=O)COC(=O)c1ccccc1COc1ccccc1. The Kier molecular flexibility index (Phi) is 6.39. The van der Waals surface area contributed by atoms with Crippen LogP contribution in [-0.4, -0.2) is 18.5 Å². The quantitative estimate of drug-likeness (QED) is 0.614. The molecule has 2 aromatic carbocycles. The fraction of sp³-hybridized carbons (Fsp3) is 0.0952. The van der Waals surface area contributed by atoms with Gasteiger partial charge < -0.3 is 14.8 Å². The number of nitrogens with zero attached hydrogens (tertiary/aromatic N) is 1. The van der Waals surface area contributed by atoms with Crippen LogP contribution in [0, 0.1) is 11.3 Å². The molecular weight excluding hydrogens is 376 g/mol. The highest BCUT2D eigenvalue weighted by atomic mass is 32.1. The maximum absolute atomic E-state index is 12.4. The molecule has 3 rings (SSSR count). The Morgan fingerprint density at radius 3 is 2.57 bits per heavy atom. The summed E-state index contributed by atoms with van der Waals surface area (Å²) in [5.41, 5.74) is 1.36. The number of carbonyl (C=O) groups is 2. The van der Waals surface area contributed by atoms with E-state index in [1.807, 2.05) is 36.4 Å². The first kappa shape index (κ1) is 19.1. The number of hydrogen-bond donors (Lipinski definition) is 1. The Morgan fingerprint density at radius 1 is 1.04 bits per heavy atom. The number of thiophene rings is 1. The maximum Gasteiger partial charge on any atom is 0.339 e. The zero-order chi connectivity index (χ0) is 19.8. The molecule has 0 aliphatic rings. The summed E-state index contributed by atoms with van der Waals surface area (Å²) in [5.74, 6) is -0.436. The number of para-hydroxylation sites is 1. The lowest BCUT2D eigenvalue weighted by Gasteiger charge is -2.11. The van der Waals surface area contributed by atoms with E-state index >= 15 is 0 Å². The lowest BCUT2D eigenvalue weighted by atomic mass is 10.1. The molecule has 0 spiro atoms. The van der Waals surface area contributed by atoms with Gasteiger partial charge in [-0.15, -0.1) is 11.3 Å². The second-order valence-corrected chi connectivity index (χ2v) is 6.57. The Labute approximate surface area is 166 Å². The van der Waals surface area contributed by atoms with Crippen LogP contribution in [0.2, 0.25) is 0 Å². The van der Waals surface area contributed by atoms with E-state index in [-0.39, 0.29) is 6.61 Å². The molecule has 3 aromatic rings. The summed E-state index contributed by atoms with van der Waals surface area (Å²) >= 11 is 1.23. The van der Waals surface area contributed by atoms with Gasteiger partial charge in [0.15, 0.2) is 6.61 Å². The molecule has 1 amide bonds. The second-order valence-electron chi connectivity index (χ2n) is 5.66. The third-order valence-corrected chi connectivity index (χ3v) is 4.58. The monoisotopic (exact) mass is 392 g/mol. The molecule has 0 radical (unpaired) electrons. The number of esters is 1. The van der Waals surface area contributed by atoms with Crippen molar-refractivity contribution >= 4 is 28.2 Å². The van der Waals surface area contributed by atoms with Crippen molar-refractivity contribution in [2.45, 2.75) is 6.61 Å². The zero-order valence-corrected chi connectivity index (χ0v) is 15.6. The van der Waals surface area contributed by atoms with Crippen LogP contribution in [0.3, 0.4) is 0 Å². The summed E-state index contributed by atoms with van der Waals surface area (Å²) < 4.78 is 10.8. The van der Waals surface area contributed by atoms with Crippen molar-refractivity contribution in [2.75, 3.05) is 11.9 Å². The van der Waals surface area contributed by atoms with Crippen LogP contribution in [-0.2, 0) is 16.1 Å². The smallest absolute Gasteiger partial charge is 0.339 e. The van der Waals surface area contributed by atoms with E-state index < -0.39 is 18.5 Å². The van der Waals surface area contributed by atoms with Crippen LogP contribution in [0.5, 0.6) is 5.75 Å². The van der Waals surface area contributed by atoms with Gasteiger partial charge >= 0.3 is 5.97 Å². The van der Waals surface area contributed by atoms with Gasteiger partial charge in [0.25, 0.3) is 5.91 Å². The standard InChI is InChI=1S/C21H16N2O4S/c22-12-15-10-11-28-20(15)23-19(24)14-27-21(25)18-9-5-4-6-16(18)13-26-17-7-2-1-3-8-17/h1-11H,13-14H2,(H,23,24). The fourth-order valence-electron chi connectivity index (χ4n) is 2.39. The highest BCUT2D eigenvalue weighted by molar-refractivity contribution is 7.14. The number of carbonyl (C=O) groups excluding carboxylic acids is 2. The lowest BCUT2D eigenvalue weighted by Crippen LogP contribution is -2.21. The number of nitrogens with one attached hydrogen (secondary N) is 1. The molecule has 0 saturated heterocycles. The molecule has 7 heteroatoms. The maximum atomic E-state index is 12.4. The van der Waals surface area contributed by atoms with Crippen molar-refractivity contribution in [3.8, 4) is 11.8 Å². The molecule has 0 aliphatic heterocycles. The van der Waals surface area contributed by atoms with Crippen LogP contribution < -0.4 is 10.1 Å². The highest BCUT2D eigenvalue weighted by Crippen LogP contribution is 2.22. The molecule has 1 aromatic heterocycles. The van der Waals surface area contributed by atoms with Crippen LogP contribution in [0.25, 0.3) is 0 Å². The topological polar surface area (TPSA) is 88.4 Å². The number of nitriles is 1. The van der Waals surface area contributed by atoms with E-state index in [1.165, 1.54) is 11.3 Å². The molecule has 0 bridgehead atoms. The predicted octanol–water partition coefficient (Wildman–Crippen LogP) is 3.99. The summed E-state index contributed by atoms with van der Waals surface area (Å²) in [7, 11) is 0. The number of hydrogen-bond acceptors (Lipinski definition) is 6. The number of anilines is 1. The summed E-state index contributed by atoms with van der Waals surface area (Å²) in [5, 5.41) is 13.7. The summed E-state index contributed by atoms with van der Waals surface area (Å²) in [6, 6.07) is 19.8. The van der Waals surface area contributed by atoms with Gasteiger partial charge in [0.1, 0.15) is 23.4 Å². The minimum absolute atomic E-state index is 0.197. The second kappa shape index (κ2) is 9.35. The number of amides is 1. The Morgan fingerprint density at radius 2 is 1.79 bits per heavy atom. The molecule has 28 heavy (non-hydrogen) atoms. The van der Waals surface area contributed by atoms with Crippen molar-refractivity contribution in [3.05, 3.63) is 82.7 Å². The third-order valence-electron chi connectivity index (χ3n) is 3.75. The van der Waals surface area contributed by atoms with Crippen LogP contribution in [0.4, 0.5) is 5.00 Å². The van der Waals surface area contributed by atoms with Crippen molar-refractivity contribution in [1.29, 1.82) is 5.26 Å². The van der Waals surface area contributed by atoms with Gasteiger partial charge in [0.2, 0.25) is 0 Å². The van der Waals surface area contributed by atoms with E-state index in [2.05, 4.69) is 5.32 Å². The van der Waals surface area contributed by atoms with Gasteiger partial charge in [-0.3, -0.25) is 4.79 Å². The first-order chi connectivity index (χ1) is 13.7. The van der Waals surface area contributed by atoms with Gasteiger partial charge in [0, 0.05) is 5.56 Å². The largest absolute Gasteiger partial charge is 0.489 e. The molecule has 0 atom stereocenters. The van der Waals surface area contributed by atoms with Crippen molar-refractivity contribution in [3.63, 3.8) is 0 Å². The van der Waals surface area contributed by atoms with Gasteiger partial charge in [-0.2, -0.15) is 5.26 Å². The molecule has 0 unspecified atom stereocenters. The summed E-state index contributed by atoms with van der Waals surface area (Å²) in [6.45, 7) is -0.252. The zero-order valence-electron chi connectivity index (χ0n) is 14.8.